The van der Waals surface area contributed by atoms with Crippen LogP contribution in [0.2, 0.25) is 0 Å². The molecule has 1 N–H and O–H groups in total. The number of Topliss-reactive ketones (excluding diaryl/α,β-unsaturated/α-hetero) is 1. The van der Waals surface area contributed by atoms with E-state index in [-0.39, 0.29) is 11.3 Å². The van der Waals surface area contributed by atoms with Gasteiger partial charge in [0.15, 0.2) is 5.78 Å². The van der Waals surface area contributed by atoms with Crippen LogP contribution in [0.1, 0.15) is 34.1 Å². The molecule has 0 aliphatic carbocycles. The Balaban J connectivity index is 2.40. The minimum atomic E-state index is -0.428. The number of aromatic amines is 1. The number of carbonyl (C=O) groups excluding carboxylic acids is 1. The number of aryl methyl sites for hydroxylation is 1. The van der Waals surface area contributed by atoms with Crippen molar-refractivity contribution >= 4 is 17.2 Å². The molecule has 0 aliphatic rings. The van der Waals surface area contributed by atoms with E-state index in [4.69, 9.17) is 5.26 Å². The molecule has 0 bridgehead atoms. The van der Waals surface area contributed by atoms with E-state index in [1.54, 1.807) is 38.1 Å². The van der Waals surface area contributed by atoms with Gasteiger partial charge in [-0.1, -0.05) is 0 Å². The molecule has 1 aromatic carbocycles. The van der Waals surface area contributed by atoms with Crippen molar-refractivity contribution in [3.63, 3.8) is 0 Å². The summed E-state index contributed by atoms with van der Waals surface area (Å²) >= 11 is 0. The zero-order valence-corrected chi connectivity index (χ0v) is 12.5. The number of hydrogen-bond acceptors (Lipinski definition) is 5. The minimum absolute atomic E-state index is 0.0190. The second kappa shape index (κ2) is 6.14. The third-order valence-corrected chi connectivity index (χ3v) is 3.26. The lowest BCUT2D eigenvalue weighted by molar-refractivity contribution is 0.101. The molecule has 0 atom stereocenters. The van der Waals surface area contributed by atoms with E-state index in [0.717, 1.165) is 0 Å². The Labute approximate surface area is 127 Å². The first kappa shape index (κ1) is 15.3. The monoisotopic (exact) mass is 294 g/mol. The van der Waals surface area contributed by atoms with Gasteiger partial charge in [0, 0.05) is 16.8 Å². The first-order valence-electron chi connectivity index (χ1n) is 6.60. The summed E-state index contributed by atoms with van der Waals surface area (Å²) in [7, 11) is 0. The number of ketones is 1. The number of azo groups is 1. The number of hydrogen-bond donors (Lipinski definition) is 1. The minimum Gasteiger partial charge on any atom is -0.323 e. The van der Waals surface area contributed by atoms with Crippen LogP contribution in [0.4, 0.5) is 11.4 Å². The predicted molar refractivity (Wildman–Crippen MR) is 81.9 cm³/mol. The van der Waals surface area contributed by atoms with Gasteiger partial charge in [0.25, 0.3) is 5.56 Å². The van der Waals surface area contributed by atoms with Crippen LogP contribution in [0.3, 0.4) is 0 Å². The van der Waals surface area contributed by atoms with Gasteiger partial charge in [0.1, 0.15) is 17.3 Å². The number of nitriles is 1. The van der Waals surface area contributed by atoms with Crippen LogP contribution in [0.15, 0.2) is 39.3 Å². The summed E-state index contributed by atoms with van der Waals surface area (Å²) in [6.07, 6.45) is 0. The maximum Gasteiger partial charge on any atom is 0.266 e. The van der Waals surface area contributed by atoms with E-state index in [1.807, 2.05) is 6.07 Å². The fourth-order valence-electron chi connectivity index (χ4n) is 2.02. The summed E-state index contributed by atoms with van der Waals surface area (Å²) in [6, 6.07) is 8.57. The van der Waals surface area contributed by atoms with Crippen molar-refractivity contribution in [1.29, 1.82) is 5.26 Å². The molecular weight excluding hydrogens is 280 g/mol. The normalized spacial score (nSPS) is 10.6. The summed E-state index contributed by atoms with van der Waals surface area (Å²) in [5.74, 6) is -0.0190. The van der Waals surface area contributed by atoms with Crippen LogP contribution in [0.25, 0.3) is 0 Å². The zero-order valence-electron chi connectivity index (χ0n) is 12.5. The van der Waals surface area contributed by atoms with Crippen LogP contribution in [0, 0.1) is 25.2 Å². The average Bonchev–Trinajstić information content (AvgIpc) is 2.47. The number of aromatic nitrogens is 1. The highest BCUT2D eigenvalue weighted by Crippen LogP contribution is 2.25. The van der Waals surface area contributed by atoms with Gasteiger partial charge in [-0.25, -0.2) is 0 Å². The van der Waals surface area contributed by atoms with Crippen molar-refractivity contribution in [3.8, 4) is 6.07 Å². The van der Waals surface area contributed by atoms with Gasteiger partial charge in [-0.3, -0.25) is 9.59 Å². The van der Waals surface area contributed by atoms with Crippen LogP contribution >= 0.6 is 0 Å². The third kappa shape index (κ3) is 2.99. The quantitative estimate of drug-likeness (QED) is 0.692. The standard InChI is InChI=1S/C16H14N4O2/c1-9-14(8-17)16(22)18-10(2)15(9)20-19-13-6-4-12(5-7-13)11(3)21/h4-7H,1-3H3,(H,18,22). The summed E-state index contributed by atoms with van der Waals surface area (Å²) in [6.45, 7) is 4.85. The third-order valence-electron chi connectivity index (χ3n) is 3.26. The van der Waals surface area contributed by atoms with E-state index in [0.29, 0.717) is 28.2 Å². The first-order valence-corrected chi connectivity index (χ1v) is 6.60. The van der Waals surface area contributed by atoms with E-state index < -0.39 is 5.56 Å². The molecule has 0 amide bonds. The summed E-state index contributed by atoms with van der Waals surface area (Å²) in [4.78, 5) is 25.4. The summed E-state index contributed by atoms with van der Waals surface area (Å²) in [5, 5.41) is 17.2. The lowest BCUT2D eigenvalue weighted by Gasteiger charge is -2.04. The van der Waals surface area contributed by atoms with Crippen molar-refractivity contribution in [2.24, 2.45) is 10.2 Å². The summed E-state index contributed by atoms with van der Waals surface area (Å²) < 4.78 is 0. The number of nitrogens with one attached hydrogen (secondary N) is 1. The highest BCUT2D eigenvalue weighted by molar-refractivity contribution is 5.94. The average molecular weight is 294 g/mol. The Hall–Kier alpha value is -3.07. The fraction of sp³-hybridized carbons (Fsp3) is 0.188. The smallest absolute Gasteiger partial charge is 0.266 e. The van der Waals surface area contributed by atoms with Crippen molar-refractivity contribution in [2.75, 3.05) is 0 Å². The molecule has 0 radical (unpaired) electrons. The molecule has 0 fully saturated rings. The predicted octanol–water partition coefficient (Wildman–Crippen LogP) is 3.48. The molecule has 2 rings (SSSR count). The number of benzene rings is 1. The van der Waals surface area contributed by atoms with E-state index in [2.05, 4.69) is 15.2 Å². The molecule has 6 heteroatoms. The van der Waals surface area contributed by atoms with Gasteiger partial charge in [0.05, 0.1) is 5.69 Å². The van der Waals surface area contributed by atoms with Crippen LogP contribution in [-0.2, 0) is 0 Å². The number of pyridine rings is 1. The molecule has 0 aliphatic heterocycles. The topological polar surface area (TPSA) is 98.4 Å². The van der Waals surface area contributed by atoms with Gasteiger partial charge in [-0.15, -0.1) is 5.11 Å². The molecule has 6 nitrogen and oxygen atoms in total. The van der Waals surface area contributed by atoms with E-state index >= 15 is 0 Å². The Kier molecular flexibility index (Phi) is 4.28. The molecule has 0 saturated carbocycles. The Morgan fingerprint density at radius 3 is 2.36 bits per heavy atom. The van der Waals surface area contributed by atoms with Crippen LogP contribution in [-0.4, -0.2) is 10.8 Å². The number of rotatable bonds is 3. The molecule has 0 saturated heterocycles. The van der Waals surface area contributed by atoms with Crippen molar-refractivity contribution < 1.29 is 4.79 Å². The van der Waals surface area contributed by atoms with Crippen LogP contribution < -0.4 is 5.56 Å². The van der Waals surface area contributed by atoms with Crippen molar-refractivity contribution in [1.82, 2.24) is 4.98 Å². The van der Waals surface area contributed by atoms with Gasteiger partial charge in [-0.2, -0.15) is 10.4 Å². The van der Waals surface area contributed by atoms with Crippen LogP contribution in [0.5, 0.6) is 0 Å². The summed E-state index contributed by atoms with van der Waals surface area (Å²) in [5.41, 5.74) is 2.29. The van der Waals surface area contributed by atoms with Gasteiger partial charge in [0.2, 0.25) is 0 Å². The van der Waals surface area contributed by atoms with E-state index in [1.165, 1.54) is 6.92 Å². The Bertz CT molecular complexity index is 855. The highest BCUT2D eigenvalue weighted by atomic mass is 16.1. The maximum atomic E-state index is 11.6. The first-order chi connectivity index (χ1) is 10.4. The number of nitrogens with zero attached hydrogens (tertiary/aromatic N) is 3. The maximum absolute atomic E-state index is 11.6. The molecule has 1 heterocycles. The lowest BCUT2D eigenvalue weighted by atomic mass is 10.1. The SMILES string of the molecule is CC(=O)c1ccc(N=Nc2c(C)[nH]c(=O)c(C#N)c2C)cc1. The van der Waals surface area contributed by atoms with Crippen molar-refractivity contribution in [2.45, 2.75) is 20.8 Å². The molecule has 110 valence electrons. The second-order valence-electron chi connectivity index (χ2n) is 4.84. The highest BCUT2D eigenvalue weighted by Gasteiger charge is 2.11. The van der Waals surface area contributed by atoms with Gasteiger partial charge in [-0.05, 0) is 45.0 Å². The molecular formula is C16H14N4O2. The molecule has 22 heavy (non-hydrogen) atoms. The Morgan fingerprint density at radius 2 is 1.82 bits per heavy atom. The number of carbonyl (C=O) groups is 1. The zero-order chi connectivity index (χ0) is 16.3. The Morgan fingerprint density at radius 1 is 1.18 bits per heavy atom. The number of H-pyrrole nitrogens is 1. The fourth-order valence-corrected chi connectivity index (χ4v) is 2.02. The van der Waals surface area contributed by atoms with Crippen molar-refractivity contribution in [3.05, 3.63) is 57.0 Å². The molecule has 1 aromatic heterocycles. The molecule has 0 unspecified atom stereocenters. The molecule has 0 spiro atoms. The van der Waals surface area contributed by atoms with E-state index in [9.17, 15) is 9.59 Å². The lowest BCUT2D eigenvalue weighted by Crippen LogP contribution is -2.13. The largest absolute Gasteiger partial charge is 0.323 e. The van der Waals surface area contributed by atoms with Gasteiger partial charge < -0.3 is 4.98 Å². The second-order valence-corrected chi connectivity index (χ2v) is 4.84. The van der Waals surface area contributed by atoms with Gasteiger partial charge >= 0.3 is 0 Å². The molecule has 2 aromatic rings.